The van der Waals surface area contributed by atoms with Crippen molar-refractivity contribution in [2.24, 2.45) is 11.3 Å². The third-order valence-electron chi connectivity index (χ3n) is 5.55. The first-order valence-electron chi connectivity index (χ1n) is 11.3. The molecule has 0 fully saturated rings. The molecule has 0 bridgehead atoms. The topological polar surface area (TPSA) is 135 Å². The summed E-state index contributed by atoms with van der Waals surface area (Å²) >= 11 is 0. The molecule has 1 aliphatic carbocycles. The molecule has 0 amide bonds. The Morgan fingerprint density at radius 2 is 1.81 bits per heavy atom. The summed E-state index contributed by atoms with van der Waals surface area (Å²) in [4.78, 5) is 12.3. The average Bonchev–Trinajstić information content (AvgIpc) is 2.90. The Kier molecular flexibility index (Phi) is 10.8. The van der Waals surface area contributed by atoms with Crippen LogP contribution in [-0.2, 0) is 14.3 Å². The van der Waals surface area contributed by atoms with Crippen LogP contribution in [0.25, 0.3) is 6.08 Å². The van der Waals surface area contributed by atoms with E-state index in [0.29, 0.717) is 23.5 Å². The molecule has 0 saturated heterocycles. The summed E-state index contributed by atoms with van der Waals surface area (Å²) in [6.07, 6.45) is 11.1. The number of hydrogen-bond acceptors (Lipinski definition) is 9. The maximum atomic E-state index is 12.3. The second kappa shape index (κ2) is 13.5. The molecule has 36 heavy (non-hydrogen) atoms. The van der Waals surface area contributed by atoms with Gasteiger partial charge in [0, 0.05) is 5.92 Å². The van der Waals surface area contributed by atoms with E-state index >= 15 is 0 Å². The van der Waals surface area contributed by atoms with Crippen molar-refractivity contribution >= 4 is 12.0 Å². The van der Waals surface area contributed by atoms with Gasteiger partial charge in [-0.1, -0.05) is 24.3 Å². The van der Waals surface area contributed by atoms with E-state index in [1.165, 1.54) is 38.3 Å². The van der Waals surface area contributed by atoms with Gasteiger partial charge in [0.15, 0.2) is 23.0 Å². The Bertz CT molecular complexity index is 1050. The predicted molar refractivity (Wildman–Crippen MR) is 134 cm³/mol. The molecular weight excluding hydrogens is 468 g/mol. The number of aliphatic hydroxyl groups is 4. The van der Waals surface area contributed by atoms with Crippen LogP contribution >= 0.6 is 0 Å². The van der Waals surface area contributed by atoms with Crippen molar-refractivity contribution in [1.29, 1.82) is 0 Å². The lowest BCUT2D eigenvalue weighted by Crippen LogP contribution is -2.38. The molecule has 0 aromatic heterocycles. The smallest absolute Gasteiger partial charge is 0.322 e. The lowest BCUT2D eigenvalue weighted by molar-refractivity contribution is -0.150. The van der Waals surface area contributed by atoms with Crippen molar-refractivity contribution in [2.75, 3.05) is 34.5 Å². The van der Waals surface area contributed by atoms with Gasteiger partial charge in [-0.3, -0.25) is 4.79 Å². The molecule has 0 aliphatic heterocycles. The van der Waals surface area contributed by atoms with Crippen molar-refractivity contribution in [3.63, 3.8) is 0 Å². The van der Waals surface area contributed by atoms with Crippen LogP contribution in [0.1, 0.15) is 18.9 Å². The average molecular weight is 503 g/mol. The Morgan fingerprint density at radius 3 is 2.42 bits per heavy atom. The number of ether oxygens (including phenoxy) is 4. The number of esters is 1. The zero-order chi connectivity index (χ0) is 26.7. The molecular formula is C27H34O9. The monoisotopic (exact) mass is 502 g/mol. The second-order valence-electron chi connectivity index (χ2n) is 8.38. The standard InChI is InChI=1S/C27H34O9/c1-27(16-28,17-29)26(32)36-23-12-8-19(14-25(23)35-4)6-10-21(31)15-20(30)9-5-18-7-11-22(33-2)24(13-18)34-3/h5-6,8-15,18,21,28-31H,7,16-17H2,1-4H3/b9-5+,10-6+,20-15-. The Labute approximate surface area is 210 Å². The second-order valence-corrected chi connectivity index (χ2v) is 8.38. The molecule has 2 rings (SSSR count). The molecule has 2 atom stereocenters. The zero-order valence-corrected chi connectivity index (χ0v) is 20.9. The number of carbonyl (C=O) groups is 1. The van der Waals surface area contributed by atoms with E-state index < -0.39 is 30.7 Å². The Hall–Kier alpha value is -3.53. The molecule has 0 spiro atoms. The minimum Gasteiger partial charge on any atom is -0.508 e. The predicted octanol–water partition coefficient (Wildman–Crippen LogP) is 3.04. The highest BCUT2D eigenvalue weighted by Crippen LogP contribution is 2.31. The SMILES string of the molecule is COC1=CCC(/C=C/C(O)=C/C(O)/C=C/c2ccc(OC(=O)C(C)(CO)CO)c(OC)c2)C=C1OC. The number of hydrogen-bond donors (Lipinski definition) is 4. The number of rotatable bonds is 12. The lowest BCUT2D eigenvalue weighted by atomic mass is 9.93. The number of aliphatic hydroxyl groups excluding tert-OH is 4. The van der Waals surface area contributed by atoms with Crippen molar-refractivity contribution in [3.8, 4) is 11.5 Å². The van der Waals surface area contributed by atoms with Crippen LogP contribution in [0.3, 0.4) is 0 Å². The molecule has 2 unspecified atom stereocenters. The molecule has 4 N–H and O–H groups in total. The minimum atomic E-state index is -1.45. The molecule has 1 aromatic rings. The fourth-order valence-electron chi connectivity index (χ4n) is 3.17. The van der Waals surface area contributed by atoms with Crippen molar-refractivity contribution in [3.05, 3.63) is 77.5 Å². The Balaban J connectivity index is 2.04. The number of methoxy groups -OCH3 is 3. The molecule has 9 nitrogen and oxygen atoms in total. The maximum Gasteiger partial charge on any atom is 0.322 e. The summed E-state index contributed by atoms with van der Waals surface area (Å²) < 4.78 is 21.1. The fraction of sp³-hybridized carbons (Fsp3) is 0.370. The van der Waals surface area contributed by atoms with Crippen LogP contribution in [0.4, 0.5) is 0 Å². The quantitative estimate of drug-likeness (QED) is 0.147. The summed E-state index contributed by atoms with van der Waals surface area (Å²) in [6, 6.07) is 4.73. The number of benzene rings is 1. The van der Waals surface area contributed by atoms with Gasteiger partial charge in [0.25, 0.3) is 0 Å². The first kappa shape index (κ1) is 28.7. The highest BCUT2D eigenvalue weighted by Gasteiger charge is 2.34. The molecule has 0 radical (unpaired) electrons. The third-order valence-corrected chi connectivity index (χ3v) is 5.55. The summed E-state index contributed by atoms with van der Waals surface area (Å²) in [7, 11) is 4.54. The van der Waals surface area contributed by atoms with Crippen LogP contribution in [0.5, 0.6) is 11.5 Å². The van der Waals surface area contributed by atoms with E-state index in [4.69, 9.17) is 18.9 Å². The molecule has 1 aromatic carbocycles. The van der Waals surface area contributed by atoms with Gasteiger partial charge >= 0.3 is 5.97 Å². The van der Waals surface area contributed by atoms with Crippen molar-refractivity contribution in [1.82, 2.24) is 0 Å². The summed E-state index contributed by atoms with van der Waals surface area (Å²) in [5, 5.41) is 39.1. The van der Waals surface area contributed by atoms with E-state index in [1.807, 2.05) is 12.2 Å². The number of allylic oxidation sites excluding steroid dienone is 4. The van der Waals surface area contributed by atoms with Gasteiger partial charge < -0.3 is 39.4 Å². The maximum absolute atomic E-state index is 12.3. The molecule has 196 valence electrons. The van der Waals surface area contributed by atoms with Gasteiger partial charge in [-0.2, -0.15) is 0 Å². The van der Waals surface area contributed by atoms with Crippen LogP contribution in [0.2, 0.25) is 0 Å². The van der Waals surface area contributed by atoms with Gasteiger partial charge in [-0.05, 0) is 55.3 Å². The largest absolute Gasteiger partial charge is 0.508 e. The minimum absolute atomic E-state index is 0.00906. The fourth-order valence-corrected chi connectivity index (χ4v) is 3.17. The van der Waals surface area contributed by atoms with Gasteiger partial charge in [0.2, 0.25) is 0 Å². The van der Waals surface area contributed by atoms with E-state index in [9.17, 15) is 25.2 Å². The van der Waals surface area contributed by atoms with E-state index in [1.54, 1.807) is 38.5 Å². The van der Waals surface area contributed by atoms with Crippen molar-refractivity contribution < 1.29 is 44.2 Å². The lowest BCUT2D eigenvalue weighted by Gasteiger charge is -2.22. The van der Waals surface area contributed by atoms with E-state index in [-0.39, 0.29) is 23.2 Å². The Morgan fingerprint density at radius 1 is 1.11 bits per heavy atom. The first-order chi connectivity index (χ1) is 17.2. The summed E-state index contributed by atoms with van der Waals surface area (Å²) in [5.41, 5.74) is -0.805. The van der Waals surface area contributed by atoms with Gasteiger partial charge in [0.05, 0.1) is 40.6 Å². The van der Waals surface area contributed by atoms with Gasteiger partial charge in [-0.25, -0.2) is 0 Å². The van der Waals surface area contributed by atoms with Crippen LogP contribution in [-0.4, -0.2) is 67.0 Å². The molecule has 9 heteroatoms. The zero-order valence-electron chi connectivity index (χ0n) is 20.9. The first-order valence-corrected chi connectivity index (χ1v) is 11.3. The normalized spacial score (nSPS) is 17.5. The van der Waals surface area contributed by atoms with E-state index in [0.717, 1.165) is 0 Å². The molecule has 1 aliphatic rings. The third kappa shape index (κ3) is 7.74. The van der Waals surface area contributed by atoms with Crippen LogP contribution in [0, 0.1) is 11.3 Å². The van der Waals surface area contributed by atoms with Gasteiger partial charge in [0.1, 0.15) is 11.2 Å². The number of carbonyl (C=O) groups excluding carboxylic acids is 1. The van der Waals surface area contributed by atoms with Crippen molar-refractivity contribution in [2.45, 2.75) is 19.4 Å². The summed E-state index contributed by atoms with van der Waals surface area (Å²) in [5.74, 6) is 0.774. The molecule has 0 saturated carbocycles. The highest BCUT2D eigenvalue weighted by atomic mass is 16.6. The van der Waals surface area contributed by atoms with Crippen LogP contribution < -0.4 is 9.47 Å². The molecule has 0 heterocycles. The highest BCUT2D eigenvalue weighted by molar-refractivity contribution is 5.80. The van der Waals surface area contributed by atoms with Gasteiger partial charge in [-0.15, -0.1) is 0 Å². The summed E-state index contributed by atoms with van der Waals surface area (Å²) in [6.45, 7) is 0.238. The van der Waals surface area contributed by atoms with Crippen LogP contribution in [0.15, 0.2) is 71.9 Å². The van der Waals surface area contributed by atoms with E-state index in [2.05, 4.69) is 0 Å².